The lowest BCUT2D eigenvalue weighted by molar-refractivity contribution is -0.146. The highest BCUT2D eigenvalue weighted by molar-refractivity contribution is 5.93. The van der Waals surface area contributed by atoms with Crippen molar-refractivity contribution in [1.29, 1.82) is 0 Å². The average Bonchev–Trinajstić information content (AvgIpc) is 2.94. The molecular formula is C16H12F3N3O2. The molecule has 124 valence electrons. The minimum Gasteiger partial charge on any atom is -0.316 e. The summed E-state index contributed by atoms with van der Waals surface area (Å²) in [5.74, 6) is -1.66. The van der Waals surface area contributed by atoms with Gasteiger partial charge in [0.05, 0.1) is 11.0 Å². The van der Waals surface area contributed by atoms with Crippen molar-refractivity contribution >= 4 is 16.9 Å². The zero-order chi connectivity index (χ0) is 17.3. The maximum Gasteiger partial charge on any atom is 0.449 e. The number of hydrogen-bond donors (Lipinski definition) is 2. The topological polar surface area (TPSA) is 67.2 Å². The van der Waals surface area contributed by atoms with Gasteiger partial charge in [-0.25, -0.2) is 10.5 Å². The number of rotatable bonds is 3. The van der Waals surface area contributed by atoms with Crippen LogP contribution < -0.4 is 5.48 Å². The van der Waals surface area contributed by atoms with Gasteiger partial charge in [0, 0.05) is 12.1 Å². The summed E-state index contributed by atoms with van der Waals surface area (Å²) in [5.41, 5.74) is 2.91. The summed E-state index contributed by atoms with van der Waals surface area (Å²) in [5, 5.41) is 8.57. The molecule has 3 rings (SSSR count). The van der Waals surface area contributed by atoms with Crippen LogP contribution in [0.4, 0.5) is 13.2 Å². The third-order valence-corrected chi connectivity index (χ3v) is 3.57. The van der Waals surface area contributed by atoms with E-state index in [0.29, 0.717) is 11.1 Å². The molecule has 0 aliphatic rings. The fraction of sp³-hybridized carbons (Fsp3) is 0.125. The predicted molar refractivity (Wildman–Crippen MR) is 79.5 cm³/mol. The van der Waals surface area contributed by atoms with E-state index >= 15 is 0 Å². The average molecular weight is 335 g/mol. The van der Waals surface area contributed by atoms with Crippen LogP contribution in [0.3, 0.4) is 0 Å². The molecule has 1 heterocycles. The second-order valence-electron chi connectivity index (χ2n) is 5.15. The second kappa shape index (κ2) is 5.97. The smallest absolute Gasteiger partial charge is 0.316 e. The Hall–Kier alpha value is -2.87. The number of hydrogen-bond acceptors (Lipinski definition) is 3. The zero-order valence-electron chi connectivity index (χ0n) is 12.2. The fourth-order valence-electron chi connectivity index (χ4n) is 2.46. The van der Waals surface area contributed by atoms with E-state index in [2.05, 4.69) is 4.98 Å². The highest BCUT2D eigenvalue weighted by Crippen LogP contribution is 2.32. The van der Waals surface area contributed by atoms with E-state index in [4.69, 9.17) is 5.21 Å². The Balaban J connectivity index is 2.01. The summed E-state index contributed by atoms with van der Waals surface area (Å²) in [4.78, 5) is 15.0. The molecule has 24 heavy (non-hydrogen) atoms. The Bertz CT molecular complexity index is 886. The number of benzene rings is 2. The highest BCUT2D eigenvalue weighted by atomic mass is 19.4. The first kappa shape index (κ1) is 16.0. The highest BCUT2D eigenvalue weighted by Gasteiger charge is 2.37. The SMILES string of the molecule is O=C(NO)c1ccc(Cn2c(C(F)(F)F)nc3ccccc32)cc1. The maximum absolute atomic E-state index is 13.2. The summed E-state index contributed by atoms with van der Waals surface area (Å²) >= 11 is 0. The Morgan fingerprint density at radius 2 is 1.79 bits per heavy atom. The number of hydroxylamine groups is 1. The molecule has 3 aromatic rings. The van der Waals surface area contributed by atoms with Crippen molar-refractivity contribution < 1.29 is 23.2 Å². The molecule has 0 atom stereocenters. The van der Waals surface area contributed by atoms with Gasteiger partial charge < -0.3 is 4.57 Å². The Kier molecular flexibility index (Phi) is 3.98. The number of nitrogens with zero attached hydrogens (tertiary/aromatic N) is 2. The van der Waals surface area contributed by atoms with Crippen LogP contribution >= 0.6 is 0 Å². The van der Waals surface area contributed by atoms with Gasteiger partial charge in [0.1, 0.15) is 0 Å². The number of nitrogens with one attached hydrogen (secondary N) is 1. The first-order valence-electron chi connectivity index (χ1n) is 6.96. The Labute approximate surface area is 134 Å². The van der Waals surface area contributed by atoms with Crippen molar-refractivity contribution in [2.75, 3.05) is 0 Å². The summed E-state index contributed by atoms with van der Waals surface area (Å²) in [7, 11) is 0. The van der Waals surface area contributed by atoms with E-state index in [9.17, 15) is 18.0 Å². The number of carbonyl (C=O) groups excluding carboxylic acids is 1. The van der Waals surface area contributed by atoms with Gasteiger partial charge in [-0.2, -0.15) is 13.2 Å². The van der Waals surface area contributed by atoms with Crippen LogP contribution in [0.25, 0.3) is 11.0 Å². The Morgan fingerprint density at radius 3 is 2.42 bits per heavy atom. The van der Waals surface area contributed by atoms with Crippen molar-refractivity contribution in [3.8, 4) is 0 Å². The molecule has 0 aliphatic heterocycles. The van der Waals surface area contributed by atoms with E-state index in [1.54, 1.807) is 18.2 Å². The molecule has 0 fully saturated rings. The molecule has 0 aliphatic carbocycles. The van der Waals surface area contributed by atoms with E-state index in [-0.39, 0.29) is 17.6 Å². The van der Waals surface area contributed by atoms with Crippen LogP contribution in [0.1, 0.15) is 21.7 Å². The van der Waals surface area contributed by atoms with Gasteiger partial charge in [0.25, 0.3) is 5.91 Å². The number of alkyl halides is 3. The third kappa shape index (κ3) is 2.95. The maximum atomic E-state index is 13.2. The first-order chi connectivity index (χ1) is 11.4. The van der Waals surface area contributed by atoms with E-state index < -0.39 is 17.9 Å². The summed E-state index contributed by atoms with van der Waals surface area (Å²) in [6, 6.07) is 12.3. The van der Waals surface area contributed by atoms with Crippen LogP contribution in [-0.4, -0.2) is 20.7 Å². The van der Waals surface area contributed by atoms with Gasteiger partial charge in [0.2, 0.25) is 5.82 Å². The van der Waals surface area contributed by atoms with E-state index in [1.165, 1.54) is 35.8 Å². The van der Waals surface area contributed by atoms with Crippen LogP contribution in [0.5, 0.6) is 0 Å². The van der Waals surface area contributed by atoms with Crippen LogP contribution in [-0.2, 0) is 12.7 Å². The zero-order valence-corrected chi connectivity index (χ0v) is 12.2. The number of aromatic nitrogens is 2. The van der Waals surface area contributed by atoms with Crippen molar-refractivity contribution in [3.63, 3.8) is 0 Å². The molecule has 0 saturated carbocycles. The number of amides is 1. The number of para-hydroxylation sites is 2. The number of fused-ring (bicyclic) bond motifs is 1. The number of halogens is 3. The van der Waals surface area contributed by atoms with Crippen LogP contribution in [0.15, 0.2) is 48.5 Å². The molecule has 0 saturated heterocycles. The van der Waals surface area contributed by atoms with Gasteiger partial charge in [-0.05, 0) is 29.8 Å². The lowest BCUT2D eigenvalue weighted by atomic mass is 10.1. The molecule has 2 N–H and O–H groups in total. The monoisotopic (exact) mass is 335 g/mol. The third-order valence-electron chi connectivity index (χ3n) is 3.57. The molecule has 0 bridgehead atoms. The minimum absolute atomic E-state index is 0.0453. The number of imidazole rings is 1. The lowest BCUT2D eigenvalue weighted by Crippen LogP contribution is -2.18. The lowest BCUT2D eigenvalue weighted by Gasteiger charge is -2.12. The summed E-state index contributed by atoms with van der Waals surface area (Å²) in [6.07, 6.45) is -4.57. The standard InChI is InChI=1S/C16H12F3N3O2/c17-16(18,19)15-20-12-3-1-2-4-13(12)22(15)9-10-5-7-11(8-6-10)14(23)21-24/h1-8,24H,9H2,(H,21,23). The second-order valence-corrected chi connectivity index (χ2v) is 5.15. The van der Waals surface area contributed by atoms with Gasteiger partial charge >= 0.3 is 6.18 Å². The molecule has 0 radical (unpaired) electrons. The molecular weight excluding hydrogens is 323 g/mol. The molecule has 8 heteroatoms. The first-order valence-corrected chi connectivity index (χ1v) is 6.96. The molecule has 1 amide bonds. The van der Waals surface area contributed by atoms with E-state index in [1.807, 2.05) is 0 Å². The fourth-order valence-corrected chi connectivity index (χ4v) is 2.46. The van der Waals surface area contributed by atoms with Crippen molar-refractivity contribution in [1.82, 2.24) is 15.0 Å². The largest absolute Gasteiger partial charge is 0.449 e. The van der Waals surface area contributed by atoms with E-state index in [0.717, 1.165) is 4.57 Å². The van der Waals surface area contributed by atoms with Crippen molar-refractivity contribution in [2.24, 2.45) is 0 Å². The Morgan fingerprint density at radius 1 is 1.12 bits per heavy atom. The van der Waals surface area contributed by atoms with Crippen LogP contribution in [0, 0.1) is 0 Å². The van der Waals surface area contributed by atoms with Crippen molar-refractivity contribution in [2.45, 2.75) is 12.7 Å². The summed E-state index contributed by atoms with van der Waals surface area (Å²) < 4.78 is 40.8. The molecule has 1 aromatic heterocycles. The van der Waals surface area contributed by atoms with Gasteiger partial charge in [-0.1, -0.05) is 24.3 Å². The molecule has 0 unspecified atom stereocenters. The van der Waals surface area contributed by atoms with Gasteiger partial charge in [-0.15, -0.1) is 0 Å². The minimum atomic E-state index is -4.57. The normalized spacial score (nSPS) is 11.7. The summed E-state index contributed by atoms with van der Waals surface area (Å²) in [6.45, 7) is -0.0453. The van der Waals surface area contributed by atoms with Crippen LogP contribution in [0.2, 0.25) is 0 Å². The number of carbonyl (C=O) groups is 1. The van der Waals surface area contributed by atoms with Gasteiger partial charge in [-0.3, -0.25) is 10.0 Å². The quantitative estimate of drug-likeness (QED) is 0.570. The van der Waals surface area contributed by atoms with Gasteiger partial charge in [0.15, 0.2) is 0 Å². The molecule has 2 aromatic carbocycles. The molecule has 0 spiro atoms. The van der Waals surface area contributed by atoms with Crippen molar-refractivity contribution in [3.05, 3.63) is 65.5 Å². The molecule has 5 nitrogen and oxygen atoms in total. The predicted octanol–water partition coefficient (Wildman–Crippen LogP) is 3.22.